The van der Waals surface area contributed by atoms with Crippen molar-refractivity contribution in [1.29, 1.82) is 0 Å². The molecule has 1 N–H and O–H groups in total. The Morgan fingerprint density at radius 3 is 2.62 bits per heavy atom. The van der Waals surface area contributed by atoms with Gasteiger partial charge in [-0.05, 0) is 36.4 Å². The molecule has 0 unspecified atom stereocenters. The predicted octanol–water partition coefficient (Wildman–Crippen LogP) is 4.28. The number of anilines is 1. The van der Waals surface area contributed by atoms with Crippen molar-refractivity contribution < 1.29 is 17.9 Å². The molecule has 0 saturated carbocycles. The molecule has 0 spiro atoms. The van der Waals surface area contributed by atoms with Crippen LogP contribution in [0.25, 0.3) is 20.8 Å². The molecular weight excluding hydrogens is 470 g/mol. The van der Waals surface area contributed by atoms with Crippen LogP contribution in [-0.2, 0) is 14.8 Å². The number of carbonyl (C=O) groups excluding carboxylic acids is 1. The Hall–Kier alpha value is -3.11. The number of aromatic nitrogens is 1. The summed E-state index contributed by atoms with van der Waals surface area (Å²) in [6, 6.07) is 22.0. The van der Waals surface area contributed by atoms with Gasteiger partial charge in [-0.3, -0.25) is 4.79 Å². The third kappa shape index (κ3) is 4.74. The predicted molar refractivity (Wildman–Crippen MR) is 134 cm³/mol. The zero-order valence-corrected chi connectivity index (χ0v) is 19.9. The molecule has 0 amide bonds. The number of carbonyl (C=O) groups is 1. The molecule has 5 rings (SSSR count). The number of thiazole rings is 1. The summed E-state index contributed by atoms with van der Waals surface area (Å²) in [7, 11) is -3.66. The summed E-state index contributed by atoms with van der Waals surface area (Å²) in [6.07, 6.45) is 0. The van der Waals surface area contributed by atoms with Gasteiger partial charge in [0.25, 0.3) is 0 Å². The Morgan fingerprint density at radius 1 is 1.00 bits per heavy atom. The van der Waals surface area contributed by atoms with Crippen LogP contribution in [0, 0.1) is 0 Å². The van der Waals surface area contributed by atoms with E-state index in [0.717, 1.165) is 26.5 Å². The summed E-state index contributed by atoms with van der Waals surface area (Å²) < 4.78 is 33.6. The Balaban J connectivity index is 1.29. The van der Waals surface area contributed by atoms with Crippen LogP contribution in [0.5, 0.6) is 0 Å². The van der Waals surface area contributed by atoms with E-state index in [4.69, 9.17) is 9.72 Å². The maximum atomic E-state index is 12.9. The van der Waals surface area contributed by atoms with Crippen molar-refractivity contribution in [2.75, 3.05) is 38.2 Å². The molecule has 1 fully saturated rings. The molecule has 1 aromatic heterocycles. The number of rotatable bonds is 7. The fourth-order valence-corrected chi connectivity index (χ4v) is 6.22. The number of para-hydroxylation sites is 1. The second kappa shape index (κ2) is 9.63. The van der Waals surface area contributed by atoms with E-state index in [2.05, 4.69) is 5.32 Å². The first-order chi connectivity index (χ1) is 16.5. The quantitative estimate of drug-likeness (QED) is 0.387. The highest BCUT2D eigenvalue weighted by Gasteiger charge is 2.26. The van der Waals surface area contributed by atoms with Crippen LogP contribution in [-0.4, -0.2) is 56.3 Å². The molecule has 7 nitrogen and oxygen atoms in total. The number of sulfonamides is 1. The Morgan fingerprint density at radius 2 is 1.79 bits per heavy atom. The van der Waals surface area contributed by atoms with Crippen molar-refractivity contribution in [3.63, 3.8) is 0 Å². The average molecular weight is 494 g/mol. The molecule has 1 saturated heterocycles. The molecule has 174 valence electrons. The van der Waals surface area contributed by atoms with E-state index in [0.29, 0.717) is 31.9 Å². The van der Waals surface area contributed by atoms with E-state index in [1.165, 1.54) is 16.4 Å². The lowest BCUT2D eigenvalue weighted by Gasteiger charge is -2.26. The number of Topliss-reactive ketones (excluding diaryl/α,β-unsaturated/α-hetero) is 1. The van der Waals surface area contributed by atoms with E-state index in [-0.39, 0.29) is 17.2 Å². The minimum atomic E-state index is -3.66. The molecule has 0 aliphatic carbocycles. The number of benzene rings is 3. The van der Waals surface area contributed by atoms with Crippen LogP contribution < -0.4 is 5.32 Å². The fraction of sp³-hybridized carbons (Fsp3) is 0.200. The van der Waals surface area contributed by atoms with Gasteiger partial charge in [0.05, 0.1) is 34.9 Å². The maximum Gasteiger partial charge on any atom is 0.243 e. The minimum Gasteiger partial charge on any atom is -0.379 e. The van der Waals surface area contributed by atoms with Crippen molar-refractivity contribution in [1.82, 2.24) is 9.29 Å². The molecule has 9 heteroatoms. The molecule has 0 radical (unpaired) electrons. The SMILES string of the molecule is O=C(CNc1cccc(-c2nc3ccccc3s2)c1)c1cccc(S(=O)(=O)N2CCOCC2)c1. The molecule has 0 atom stereocenters. The Kier molecular flexibility index (Phi) is 6.42. The summed E-state index contributed by atoms with van der Waals surface area (Å²) in [5, 5.41) is 4.07. The van der Waals surface area contributed by atoms with Crippen molar-refractivity contribution in [2.24, 2.45) is 0 Å². The Bertz CT molecular complexity index is 1410. The number of ether oxygens (including phenoxy) is 1. The van der Waals surface area contributed by atoms with Gasteiger partial charge in [-0.25, -0.2) is 13.4 Å². The number of morpholine rings is 1. The van der Waals surface area contributed by atoms with Crippen LogP contribution >= 0.6 is 11.3 Å². The number of hydrogen-bond donors (Lipinski definition) is 1. The van der Waals surface area contributed by atoms with Gasteiger partial charge < -0.3 is 10.1 Å². The van der Waals surface area contributed by atoms with Crippen LogP contribution in [0.1, 0.15) is 10.4 Å². The first-order valence-electron chi connectivity index (χ1n) is 10.9. The molecule has 0 bridgehead atoms. The highest BCUT2D eigenvalue weighted by atomic mass is 32.2. The van der Waals surface area contributed by atoms with Gasteiger partial charge in [0.15, 0.2) is 5.78 Å². The fourth-order valence-electron chi connectivity index (χ4n) is 3.81. The van der Waals surface area contributed by atoms with Gasteiger partial charge in [-0.1, -0.05) is 36.4 Å². The van der Waals surface area contributed by atoms with Crippen molar-refractivity contribution >= 4 is 43.0 Å². The van der Waals surface area contributed by atoms with E-state index < -0.39 is 10.0 Å². The van der Waals surface area contributed by atoms with Gasteiger partial charge in [0.2, 0.25) is 10.0 Å². The van der Waals surface area contributed by atoms with Gasteiger partial charge in [0.1, 0.15) is 5.01 Å². The Labute approximate surface area is 202 Å². The first kappa shape index (κ1) is 22.7. The zero-order valence-electron chi connectivity index (χ0n) is 18.3. The second-order valence-corrected chi connectivity index (χ2v) is 10.9. The van der Waals surface area contributed by atoms with Gasteiger partial charge in [0, 0.05) is 29.9 Å². The van der Waals surface area contributed by atoms with Gasteiger partial charge in [-0.15, -0.1) is 11.3 Å². The maximum absolute atomic E-state index is 12.9. The zero-order chi connectivity index (χ0) is 23.5. The smallest absolute Gasteiger partial charge is 0.243 e. The van der Waals surface area contributed by atoms with Crippen LogP contribution in [0.4, 0.5) is 5.69 Å². The standard InChI is InChI=1S/C25H23N3O4S2/c29-23(18-5-4-8-21(16-18)34(30,31)28-11-13-32-14-12-28)17-26-20-7-3-6-19(15-20)25-27-22-9-1-2-10-24(22)33-25/h1-10,15-16,26H,11-14,17H2. The molecule has 1 aliphatic heterocycles. The summed E-state index contributed by atoms with van der Waals surface area (Å²) in [6.45, 7) is 1.42. The monoisotopic (exact) mass is 493 g/mol. The summed E-state index contributed by atoms with van der Waals surface area (Å²) in [5.74, 6) is -0.190. The molecule has 34 heavy (non-hydrogen) atoms. The molecule has 2 heterocycles. The van der Waals surface area contributed by atoms with Crippen LogP contribution in [0.15, 0.2) is 77.7 Å². The second-order valence-electron chi connectivity index (χ2n) is 7.89. The number of fused-ring (bicyclic) bond motifs is 1. The first-order valence-corrected chi connectivity index (χ1v) is 13.2. The lowest BCUT2D eigenvalue weighted by Crippen LogP contribution is -2.40. The summed E-state index contributed by atoms with van der Waals surface area (Å²) >= 11 is 1.62. The molecule has 1 aliphatic rings. The van der Waals surface area contributed by atoms with Crippen molar-refractivity contribution in [3.8, 4) is 10.6 Å². The van der Waals surface area contributed by atoms with Crippen LogP contribution in [0.2, 0.25) is 0 Å². The minimum absolute atomic E-state index is 0.0460. The van der Waals surface area contributed by atoms with Crippen molar-refractivity contribution in [2.45, 2.75) is 4.90 Å². The lowest BCUT2D eigenvalue weighted by molar-refractivity contribution is 0.0730. The number of nitrogens with zero attached hydrogens (tertiary/aromatic N) is 2. The van der Waals surface area contributed by atoms with Crippen molar-refractivity contribution in [3.05, 3.63) is 78.4 Å². The highest BCUT2D eigenvalue weighted by molar-refractivity contribution is 7.89. The third-order valence-electron chi connectivity index (χ3n) is 5.62. The molecule has 4 aromatic rings. The summed E-state index contributed by atoms with van der Waals surface area (Å²) in [4.78, 5) is 17.7. The van der Waals surface area contributed by atoms with E-state index in [1.807, 2.05) is 48.5 Å². The van der Waals surface area contributed by atoms with Gasteiger partial charge in [-0.2, -0.15) is 4.31 Å². The largest absolute Gasteiger partial charge is 0.379 e. The van der Waals surface area contributed by atoms with E-state index in [9.17, 15) is 13.2 Å². The topological polar surface area (TPSA) is 88.6 Å². The number of ketones is 1. The molecule has 3 aromatic carbocycles. The van der Waals surface area contributed by atoms with Crippen LogP contribution in [0.3, 0.4) is 0 Å². The lowest BCUT2D eigenvalue weighted by atomic mass is 10.1. The normalized spacial score (nSPS) is 14.8. The highest BCUT2D eigenvalue weighted by Crippen LogP contribution is 2.31. The molecular formula is C25H23N3O4S2. The average Bonchev–Trinajstić information content (AvgIpc) is 3.33. The van der Waals surface area contributed by atoms with E-state index >= 15 is 0 Å². The van der Waals surface area contributed by atoms with E-state index in [1.54, 1.807) is 23.5 Å². The van der Waals surface area contributed by atoms with Gasteiger partial charge >= 0.3 is 0 Å². The third-order valence-corrected chi connectivity index (χ3v) is 8.60. The number of nitrogens with one attached hydrogen (secondary N) is 1. The summed E-state index contributed by atoms with van der Waals surface area (Å²) in [5.41, 5.74) is 3.08. The number of hydrogen-bond acceptors (Lipinski definition) is 7.